The zero-order chi connectivity index (χ0) is 43.9. The van der Waals surface area contributed by atoms with E-state index in [0.29, 0.717) is 43.3 Å². The highest BCUT2D eigenvalue weighted by molar-refractivity contribution is 5.88. The number of likely N-dealkylation sites (tertiary alicyclic amines) is 2. The van der Waals surface area contributed by atoms with Crippen LogP contribution >= 0.6 is 0 Å². The summed E-state index contributed by atoms with van der Waals surface area (Å²) in [6.07, 6.45) is 2.93. The zero-order valence-electron chi connectivity index (χ0n) is 35.8. The molecule has 0 spiro atoms. The van der Waals surface area contributed by atoms with Gasteiger partial charge in [0.2, 0.25) is 5.91 Å². The van der Waals surface area contributed by atoms with Gasteiger partial charge in [-0.25, -0.2) is 19.6 Å². The molecule has 3 aromatic carbocycles. The summed E-state index contributed by atoms with van der Waals surface area (Å²) in [4.78, 5) is 72.4. The van der Waals surface area contributed by atoms with E-state index >= 15 is 0 Å². The van der Waals surface area contributed by atoms with Crippen LogP contribution in [0.4, 0.5) is 9.59 Å². The van der Waals surface area contributed by atoms with Crippen LogP contribution in [0, 0.1) is 11.8 Å². The molecule has 16 nitrogen and oxygen atoms in total. The lowest BCUT2D eigenvalue weighted by Crippen LogP contribution is -2.54. The number of imidazole rings is 2. The molecule has 0 saturated carbocycles. The maximum Gasteiger partial charge on any atom is 0.407 e. The molecule has 0 bridgehead atoms. The van der Waals surface area contributed by atoms with Gasteiger partial charge in [0.25, 0.3) is 5.91 Å². The minimum atomic E-state index is -0.953. The van der Waals surface area contributed by atoms with Gasteiger partial charge in [0.15, 0.2) is 0 Å². The number of H-pyrrole nitrogens is 2. The number of rotatable bonds is 14. The minimum absolute atomic E-state index is 0.0775. The van der Waals surface area contributed by atoms with Gasteiger partial charge in [0, 0.05) is 33.2 Å². The molecular formula is C46H54N8O8. The highest BCUT2D eigenvalue weighted by Gasteiger charge is 2.43. The second kappa shape index (κ2) is 19.5. The molecule has 4 heterocycles. The molecule has 0 aliphatic carbocycles. The summed E-state index contributed by atoms with van der Waals surface area (Å²) < 4.78 is 20.5. The average Bonchev–Trinajstić information content (AvgIpc) is 4.14. The number of carbonyl (C=O) groups is 4. The van der Waals surface area contributed by atoms with Gasteiger partial charge in [-0.1, -0.05) is 85.8 Å². The van der Waals surface area contributed by atoms with E-state index in [9.17, 15) is 19.2 Å². The number of aromatic amines is 2. The van der Waals surface area contributed by atoms with Crippen molar-refractivity contribution >= 4 is 24.0 Å². The van der Waals surface area contributed by atoms with Gasteiger partial charge in [-0.2, -0.15) is 0 Å². The Morgan fingerprint density at radius 3 is 1.74 bits per heavy atom. The molecule has 7 rings (SSSR count). The quantitative estimate of drug-likeness (QED) is 0.0968. The van der Waals surface area contributed by atoms with Crippen molar-refractivity contribution in [3.05, 3.63) is 108 Å². The number of ether oxygens (including phenoxy) is 4. The molecule has 4 N–H and O–H groups in total. The third-order valence-electron chi connectivity index (χ3n) is 11.8. The van der Waals surface area contributed by atoms with E-state index in [1.54, 1.807) is 36.2 Å². The van der Waals surface area contributed by atoms with E-state index in [-0.39, 0.29) is 35.7 Å². The first-order valence-corrected chi connectivity index (χ1v) is 20.7. The molecule has 2 aliphatic rings. The summed E-state index contributed by atoms with van der Waals surface area (Å²) in [5.74, 6) is 1.12. The normalized spacial score (nSPS) is 20.0. The Labute approximate surface area is 360 Å². The predicted octanol–water partition coefficient (Wildman–Crippen LogP) is 6.44. The molecule has 62 heavy (non-hydrogen) atoms. The molecule has 2 aromatic heterocycles. The Balaban J connectivity index is 1.04. The van der Waals surface area contributed by atoms with Crippen LogP contribution in [0.5, 0.6) is 0 Å². The molecular weight excluding hydrogens is 793 g/mol. The lowest BCUT2D eigenvalue weighted by molar-refractivity contribution is -0.138. The van der Waals surface area contributed by atoms with Crippen molar-refractivity contribution in [1.82, 2.24) is 40.4 Å². The number of aromatic nitrogens is 4. The van der Waals surface area contributed by atoms with Gasteiger partial charge in [-0.15, -0.1) is 0 Å². The first-order valence-electron chi connectivity index (χ1n) is 20.7. The molecule has 1 unspecified atom stereocenters. The molecule has 0 radical (unpaired) electrons. The number of nitrogens with one attached hydrogen (secondary N) is 4. The Bertz CT molecular complexity index is 2310. The number of benzene rings is 3. The van der Waals surface area contributed by atoms with Gasteiger partial charge in [-0.3, -0.25) is 9.59 Å². The van der Waals surface area contributed by atoms with Crippen molar-refractivity contribution < 1.29 is 38.1 Å². The maximum absolute atomic E-state index is 14.1. The third-order valence-corrected chi connectivity index (χ3v) is 11.8. The van der Waals surface area contributed by atoms with Crippen LogP contribution in [0.2, 0.25) is 0 Å². The Kier molecular flexibility index (Phi) is 13.7. The number of alkyl carbamates (subject to hydrolysis) is 2. The van der Waals surface area contributed by atoms with Gasteiger partial charge in [0.1, 0.15) is 23.7 Å². The Morgan fingerprint density at radius 2 is 1.21 bits per heavy atom. The smallest absolute Gasteiger partial charge is 0.407 e. The van der Waals surface area contributed by atoms with E-state index in [4.69, 9.17) is 28.9 Å². The van der Waals surface area contributed by atoms with E-state index in [1.807, 2.05) is 54.6 Å². The van der Waals surface area contributed by atoms with Crippen LogP contribution in [-0.2, 0) is 28.5 Å². The van der Waals surface area contributed by atoms with Crippen LogP contribution in [0.1, 0.15) is 62.0 Å². The standard InChI is InChI=1S/C46H54N8O8/c1-27-20-37(53(24-27)44(56)40(52-46(58)62-6)34-10-8-7-9-11-34)41-47-22-35(49-41)32-16-12-30(13-17-32)31-14-18-33(19-15-31)36-23-48-42(50-36)38-21-29(26-59-3)25-54(38)43(55)39(28(2)60-4)51-45(57)61-5/h7-19,22-23,27-29,37-40H,20-21,24-26H2,1-6H3,(H,47,49)(H,48,50)(H,51,57)(H,52,58)/t27-,28?,29-,37-,38-,39-,40+/m0/s1. The number of hydrogen-bond acceptors (Lipinski definition) is 10. The summed E-state index contributed by atoms with van der Waals surface area (Å²) in [6, 6.07) is 23.0. The fourth-order valence-electron chi connectivity index (χ4n) is 8.48. The monoisotopic (exact) mass is 846 g/mol. The van der Waals surface area contributed by atoms with Crippen molar-refractivity contribution in [3.63, 3.8) is 0 Å². The molecule has 2 aliphatic heterocycles. The van der Waals surface area contributed by atoms with Gasteiger partial charge in [-0.05, 0) is 53.5 Å². The fourth-order valence-corrected chi connectivity index (χ4v) is 8.48. The number of nitrogens with zero attached hydrogens (tertiary/aromatic N) is 4. The van der Waals surface area contributed by atoms with Crippen LogP contribution in [0.15, 0.2) is 91.3 Å². The second-order valence-electron chi connectivity index (χ2n) is 16.0. The predicted molar refractivity (Wildman–Crippen MR) is 230 cm³/mol. The van der Waals surface area contributed by atoms with Crippen molar-refractivity contribution in [2.75, 3.05) is 48.1 Å². The van der Waals surface area contributed by atoms with Crippen LogP contribution in [0.25, 0.3) is 33.6 Å². The first kappa shape index (κ1) is 43.6. The molecule has 2 saturated heterocycles. The summed E-state index contributed by atoms with van der Waals surface area (Å²) in [6.45, 7) is 5.27. The zero-order valence-corrected chi connectivity index (χ0v) is 35.8. The maximum atomic E-state index is 14.1. The number of amides is 4. The highest BCUT2D eigenvalue weighted by atomic mass is 16.5. The van der Waals surface area contributed by atoms with Crippen molar-refractivity contribution in [2.45, 2.75) is 57.0 Å². The SMILES string of the molecule is COC[C@H]1C[C@@H](c2ncc(-c3ccc(-c4ccc(-c5cnc([C@@H]6C[C@H](C)CN6C(=O)[C@H](NC(=O)OC)c6ccccc6)[nH]5)cc4)cc3)[nH]2)N(C(=O)[C@@H](NC(=O)OC)C(C)OC)C1. The van der Waals surface area contributed by atoms with Crippen LogP contribution in [0.3, 0.4) is 0 Å². The molecule has 4 amide bonds. The number of methoxy groups -OCH3 is 4. The van der Waals surface area contributed by atoms with Crippen LogP contribution in [-0.4, -0.2) is 114 Å². The summed E-state index contributed by atoms with van der Waals surface area (Å²) in [5.41, 5.74) is 6.24. The van der Waals surface area contributed by atoms with Crippen molar-refractivity contribution in [3.8, 4) is 33.6 Å². The van der Waals surface area contributed by atoms with Gasteiger partial charge < -0.3 is 49.3 Å². The number of hydrogen-bond donors (Lipinski definition) is 4. The average molecular weight is 847 g/mol. The lowest BCUT2D eigenvalue weighted by Gasteiger charge is -2.30. The number of carbonyl (C=O) groups excluding carboxylic acids is 4. The molecule has 7 atom stereocenters. The van der Waals surface area contributed by atoms with Crippen molar-refractivity contribution in [1.29, 1.82) is 0 Å². The minimum Gasteiger partial charge on any atom is -0.453 e. The van der Waals surface area contributed by atoms with Crippen LogP contribution < -0.4 is 10.6 Å². The Hall–Kier alpha value is -6.52. The van der Waals surface area contributed by atoms with Gasteiger partial charge >= 0.3 is 12.2 Å². The van der Waals surface area contributed by atoms with Gasteiger partial charge in [0.05, 0.1) is 62.8 Å². The van der Waals surface area contributed by atoms with E-state index in [1.165, 1.54) is 21.3 Å². The molecule has 16 heteroatoms. The topological polar surface area (TPSA) is 193 Å². The molecule has 5 aromatic rings. The van der Waals surface area contributed by atoms with E-state index < -0.39 is 30.4 Å². The summed E-state index contributed by atoms with van der Waals surface area (Å²) in [7, 11) is 5.66. The van der Waals surface area contributed by atoms with E-state index in [2.05, 4.69) is 51.8 Å². The molecule has 2 fully saturated rings. The molecule has 326 valence electrons. The summed E-state index contributed by atoms with van der Waals surface area (Å²) in [5, 5.41) is 5.36. The third kappa shape index (κ3) is 9.51. The Morgan fingerprint density at radius 1 is 0.694 bits per heavy atom. The highest BCUT2D eigenvalue weighted by Crippen LogP contribution is 2.38. The van der Waals surface area contributed by atoms with Crippen molar-refractivity contribution in [2.24, 2.45) is 11.8 Å². The van der Waals surface area contributed by atoms with E-state index in [0.717, 1.165) is 40.1 Å². The second-order valence-corrected chi connectivity index (χ2v) is 16.0. The lowest BCUT2D eigenvalue weighted by atomic mass is 10.0. The summed E-state index contributed by atoms with van der Waals surface area (Å²) >= 11 is 0. The largest absolute Gasteiger partial charge is 0.453 e. The fraction of sp³-hybridized carbons (Fsp3) is 0.391. The first-order chi connectivity index (χ1) is 30.0.